The Labute approximate surface area is 118 Å². The summed E-state index contributed by atoms with van der Waals surface area (Å²) >= 11 is 0. The third-order valence-electron chi connectivity index (χ3n) is 1.77. The SMILES string of the molecule is C.C=C.C=Cc1ncnc2ccccc12.CC.CC. The zero-order valence-corrected chi connectivity index (χ0v) is 12.0. The van der Waals surface area contributed by atoms with Crippen LogP contribution in [-0.4, -0.2) is 9.97 Å². The van der Waals surface area contributed by atoms with Crippen LogP contribution in [0.2, 0.25) is 0 Å². The molecule has 19 heavy (non-hydrogen) atoms. The fraction of sp³-hybridized carbons (Fsp3) is 0.294. The summed E-state index contributed by atoms with van der Waals surface area (Å²) in [5.74, 6) is 0. The first-order chi connectivity index (χ1) is 8.92. The van der Waals surface area contributed by atoms with E-state index in [9.17, 15) is 0 Å². The van der Waals surface area contributed by atoms with Crippen molar-refractivity contribution in [3.05, 3.63) is 56.0 Å². The maximum Gasteiger partial charge on any atom is 0.116 e. The molecule has 2 nitrogen and oxygen atoms in total. The lowest BCUT2D eigenvalue weighted by atomic mass is 10.2. The summed E-state index contributed by atoms with van der Waals surface area (Å²) in [6.07, 6.45) is 3.30. The highest BCUT2D eigenvalue weighted by atomic mass is 14.8. The first-order valence-corrected chi connectivity index (χ1v) is 6.24. The van der Waals surface area contributed by atoms with Gasteiger partial charge in [0.05, 0.1) is 11.2 Å². The van der Waals surface area contributed by atoms with E-state index < -0.39 is 0 Å². The second-order valence-corrected chi connectivity index (χ2v) is 2.48. The van der Waals surface area contributed by atoms with Crippen LogP contribution in [0.15, 0.2) is 50.3 Å². The summed E-state index contributed by atoms with van der Waals surface area (Å²) in [4.78, 5) is 8.23. The standard InChI is InChI=1S/C10H8N2.2C2H6.C2H4.CH4/c1-2-9-8-5-3-4-6-10(8)12-7-11-9;3*1-2;/h2-7H,1H2;2*1-2H3;1-2H2;1H4. The van der Waals surface area contributed by atoms with Gasteiger partial charge in [-0.3, -0.25) is 0 Å². The van der Waals surface area contributed by atoms with Crippen molar-refractivity contribution in [2.45, 2.75) is 35.1 Å². The van der Waals surface area contributed by atoms with Crippen LogP contribution < -0.4 is 0 Å². The number of nitrogens with zero attached hydrogens (tertiary/aromatic N) is 2. The van der Waals surface area contributed by atoms with E-state index in [2.05, 4.69) is 29.7 Å². The van der Waals surface area contributed by atoms with Crippen molar-refractivity contribution in [2.75, 3.05) is 0 Å². The van der Waals surface area contributed by atoms with Gasteiger partial charge in [-0.05, 0) is 12.1 Å². The molecular formula is C17H28N2. The summed E-state index contributed by atoms with van der Waals surface area (Å²) in [5, 5.41) is 1.05. The minimum absolute atomic E-state index is 0. The molecule has 0 aliphatic heterocycles. The van der Waals surface area contributed by atoms with Gasteiger partial charge >= 0.3 is 0 Å². The van der Waals surface area contributed by atoms with E-state index >= 15 is 0 Å². The van der Waals surface area contributed by atoms with Crippen molar-refractivity contribution >= 4 is 17.0 Å². The third kappa shape index (κ3) is 7.14. The number of para-hydroxylation sites is 1. The van der Waals surface area contributed by atoms with Gasteiger partial charge in [0.15, 0.2) is 0 Å². The van der Waals surface area contributed by atoms with E-state index in [0.29, 0.717) is 0 Å². The van der Waals surface area contributed by atoms with Crippen molar-refractivity contribution in [1.29, 1.82) is 0 Å². The lowest BCUT2D eigenvalue weighted by Gasteiger charge is -1.97. The summed E-state index contributed by atoms with van der Waals surface area (Å²) in [5.41, 5.74) is 1.85. The fourth-order valence-electron chi connectivity index (χ4n) is 1.19. The highest BCUT2D eigenvalue weighted by Crippen LogP contribution is 2.13. The molecule has 106 valence electrons. The predicted octanol–water partition coefficient (Wildman–Crippen LogP) is 5.76. The van der Waals surface area contributed by atoms with E-state index in [1.54, 1.807) is 12.4 Å². The van der Waals surface area contributed by atoms with Gasteiger partial charge in [-0.25, -0.2) is 9.97 Å². The fourth-order valence-corrected chi connectivity index (χ4v) is 1.19. The topological polar surface area (TPSA) is 25.8 Å². The molecular weight excluding hydrogens is 232 g/mol. The highest BCUT2D eigenvalue weighted by Gasteiger charge is 1.96. The average Bonchev–Trinajstić information content (AvgIpc) is 2.52. The molecule has 0 spiro atoms. The predicted molar refractivity (Wildman–Crippen MR) is 90.3 cm³/mol. The Hall–Kier alpha value is -1.96. The Bertz CT molecular complexity index is 431. The van der Waals surface area contributed by atoms with E-state index in [-0.39, 0.29) is 7.43 Å². The molecule has 2 aromatic rings. The maximum absolute atomic E-state index is 4.13. The number of fused-ring (bicyclic) bond motifs is 1. The molecule has 2 rings (SSSR count). The monoisotopic (exact) mass is 260 g/mol. The number of benzene rings is 1. The quantitative estimate of drug-likeness (QED) is 0.609. The minimum atomic E-state index is 0. The largest absolute Gasteiger partial charge is 0.236 e. The molecule has 0 N–H and O–H groups in total. The molecule has 1 heterocycles. The Morgan fingerprint density at radius 3 is 2.00 bits per heavy atom. The van der Waals surface area contributed by atoms with Gasteiger partial charge in [-0.15, -0.1) is 13.2 Å². The van der Waals surface area contributed by atoms with Gasteiger partial charge in [-0.2, -0.15) is 0 Å². The van der Waals surface area contributed by atoms with Gasteiger partial charge in [0.1, 0.15) is 6.33 Å². The van der Waals surface area contributed by atoms with E-state index in [1.165, 1.54) is 0 Å². The van der Waals surface area contributed by atoms with Crippen LogP contribution in [0.3, 0.4) is 0 Å². The van der Waals surface area contributed by atoms with Crippen molar-refractivity contribution in [1.82, 2.24) is 9.97 Å². The van der Waals surface area contributed by atoms with Gasteiger partial charge in [0, 0.05) is 5.39 Å². The lowest BCUT2D eigenvalue weighted by Crippen LogP contribution is -1.85. The highest BCUT2D eigenvalue weighted by molar-refractivity contribution is 5.85. The van der Waals surface area contributed by atoms with Crippen LogP contribution in [0, 0.1) is 0 Å². The van der Waals surface area contributed by atoms with Crippen LogP contribution in [-0.2, 0) is 0 Å². The van der Waals surface area contributed by atoms with Crippen molar-refractivity contribution in [3.8, 4) is 0 Å². The van der Waals surface area contributed by atoms with E-state index in [1.807, 2.05) is 52.0 Å². The van der Waals surface area contributed by atoms with Crippen LogP contribution in [0.1, 0.15) is 40.8 Å². The van der Waals surface area contributed by atoms with Crippen molar-refractivity contribution in [2.24, 2.45) is 0 Å². The molecule has 0 bridgehead atoms. The molecule has 0 saturated heterocycles. The zero-order valence-electron chi connectivity index (χ0n) is 12.0. The molecule has 0 saturated carbocycles. The normalized spacial score (nSPS) is 7.16. The molecule has 2 heteroatoms. The molecule has 1 aromatic carbocycles. The lowest BCUT2D eigenvalue weighted by molar-refractivity contribution is 1.21. The van der Waals surface area contributed by atoms with Crippen LogP contribution in [0.5, 0.6) is 0 Å². The van der Waals surface area contributed by atoms with Gasteiger partial charge in [0.25, 0.3) is 0 Å². The summed E-state index contributed by atoms with van der Waals surface area (Å²) in [6, 6.07) is 7.89. The van der Waals surface area contributed by atoms with E-state index in [4.69, 9.17) is 0 Å². The van der Waals surface area contributed by atoms with Crippen LogP contribution in [0.4, 0.5) is 0 Å². The molecule has 0 aliphatic carbocycles. The number of aromatic nitrogens is 2. The van der Waals surface area contributed by atoms with Crippen LogP contribution >= 0.6 is 0 Å². The Morgan fingerprint density at radius 2 is 1.47 bits per heavy atom. The van der Waals surface area contributed by atoms with Crippen molar-refractivity contribution < 1.29 is 0 Å². The van der Waals surface area contributed by atoms with Crippen molar-refractivity contribution in [3.63, 3.8) is 0 Å². The number of hydrogen-bond donors (Lipinski definition) is 0. The smallest absolute Gasteiger partial charge is 0.116 e. The average molecular weight is 260 g/mol. The second kappa shape index (κ2) is 16.0. The van der Waals surface area contributed by atoms with Crippen LogP contribution in [0.25, 0.3) is 17.0 Å². The second-order valence-electron chi connectivity index (χ2n) is 2.48. The summed E-state index contributed by atoms with van der Waals surface area (Å²) < 4.78 is 0. The molecule has 0 unspecified atom stereocenters. The minimum Gasteiger partial charge on any atom is -0.236 e. The van der Waals surface area contributed by atoms with E-state index in [0.717, 1.165) is 16.6 Å². The molecule has 0 atom stereocenters. The van der Waals surface area contributed by atoms with Gasteiger partial charge in [0.2, 0.25) is 0 Å². The maximum atomic E-state index is 4.13. The molecule has 0 radical (unpaired) electrons. The van der Waals surface area contributed by atoms with Gasteiger partial charge in [-0.1, -0.05) is 59.9 Å². The van der Waals surface area contributed by atoms with Gasteiger partial charge < -0.3 is 0 Å². The molecule has 0 amide bonds. The Morgan fingerprint density at radius 1 is 0.947 bits per heavy atom. The Balaban J connectivity index is -0.000000325. The molecule has 0 fully saturated rings. The first-order valence-electron chi connectivity index (χ1n) is 6.24. The zero-order chi connectivity index (χ0) is 14.4. The molecule has 1 aromatic heterocycles. The summed E-state index contributed by atoms with van der Waals surface area (Å²) in [6.45, 7) is 17.7. The number of rotatable bonds is 1. The molecule has 0 aliphatic rings. The summed E-state index contributed by atoms with van der Waals surface area (Å²) in [7, 11) is 0. The Kier molecular flexibility index (Phi) is 18.8. The third-order valence-corrected chi connectivity index (χ3v) is 1.77. The number of hydrogen-bond acceptors (Lipinski definition) is 2. The first kappa shape index (κ1) is 22.2.